The number of nitrogens with one attached hydrogen (secondary N) is 1. The Morgan fingerprint density at radius 3 is 3.14 bits per heavy atom. The van der Waals surface area contributed by atoms with Crippen molar-refractivity contribution in [1.82, 2.24) is 15.2 Å². The molecule has 0 amide bonds. The van der Waals surface area contributed by atoms with Gasteiger partial charge in [-0.25, -0.2) is 4.98 Å². The molecule has 2 rings (SSSR count). The van der Waals surface area contributed by atoms with Crippen LogP contribution in [0.25, 0.3) is 0 Å². The van der Waals surface area contributed by atoms with E-state index in [-0.39, 0.29) is 6.04 Å². The molecule has 1 aliphatic rings. The third-order valence-electron chi connectivity index (χ3n) is 2.40. The van der Waals surface area contributed by atoms with E-state index in [1.807, 2.05) is 6.92 Å². The molecule has 0 saturated carbocycles. The largest absolute Gasteiger partial charge is 0.378 e. The monoisotopic (exact) mass is 196 g/mol. The Balaban J connectivity index is 1.95. The van der Waals surface area contributed by atoms with Crippen molar-refractivity contribution in [3.63, 3.8) is 0 Å². The molecule has 0 aromatic carbocycles. The summed E-state index contributed by atoms with van der Waals surface area (Å²) in [4.78, 5) is 4.30. The molecule has 0 spiro atoms. The zero-order valence-corrected chi connectivity index (χ0v) is 8.36. The molecule has 0 bridgehead atoms. The van der Waals surface area contributed by atoms with Crippen LogP contribution in [0.5, 0.6) is 0 Å². The maximum absolute atomic E-state index is 5.66. The number of rotatable bonds is 3. The molecule has 2 unspecified atom stereocenters. The first kappa shape index (κ1) is 9.61. The van der Waals surface area contributed by atoms with Gasteiger partial charge in [0, 0.05) is 13.0 Å². The van der Waals surface area contributed by atoms with E-state index in [1.165, 1.54) is 0 Å². The lowest BCUT2D eigenvalue weighted by molar-refractivity contribution is 0.110. The second-order valence-electron chi connectivity index (χ2n) is 3.77. The van der Waals surface area contributed by atoms with Gasteiger partial charge in [0.1, 0.15) is 5.82 Å². The van der Waals surface area contributed by atoms with Crippen LogP contribution in [-0.4, -0.2) is 27.9 Å². The van der Waals surface area contributed by atoms with Crippen molar-refractivity contribution in [2.75, 3.05) is 6.61 Å². The first-order chi connectivity index (χ1) is 6.75. The molecular weight excluding hydrogens is 180 g/mol. The maximum atomic E-state index is 5.66. The Bertz CT molecular complexity index is 291. The van der Waals surface area contributed by atoms with E-state index in [1.54, 1.807) is 0 Å². The lowest BCUT2D eigenvalue weighted by atomic mass is 10.2. The minimum atomic E-state index is -0.107. The molecule has 0 radical (unpaired) electrons. The van der Waals surface area contributed by atoms with Crippen molar-refractivity contribution in [3.8, 4) is 0 Å². The van der Waals surface area contributed by atoms with Gasteiger partial charge in [0.15, 0.2) is 5.82 Å². The van der Waals surface area contributed by atoms with Crippen LogP contribution < -0.4 is 5.73 Å². The Kier molecular flexibility index (Phi) is 2.79. The summed E-state index contributed by atoms with van der Waals surface area (Å²) in [7, 11) is 0. The van der Waals surface area contributed by atoms with Gasteiger partial charge in [0.2, 0.25) is 0 Å². The summed E-state index contributed by atoms with van der Waals surface area (Å²) in [5.74, 6) is 1.56. The molecule has 14 heavy (non-hydrogen) atoms. The van der Waals surface area contributed by atoms with Crippen molar-refractivity contribution in [2.45, 2.75) is 38.3 Å². The van der Waals surface area contributed by atoms with Gasteiger partial charge in [-0.3, -0.25) is 5.10 Å². The molecule has 1 fully saturated rings. The summed E-state index contributed by atoms with van der Waals surface area (Å²) >= 11 is 0. The van der Waals surface area contributed by atoms with E-state index in [2.05, 4.69) is 15.2 Å². The third-order valence-corrected chi connectivity index (χ3v) is 2.40. The second kappa shape index (κ2) is 4.06. The quantitative estimate of drug-likeness (QED) is 0.740. The highest BCUT2D eigenvalue weighted by molar-refractivity contribution is 4.96. The molecule has 3 N–H and O–H groups in total. The predicted molar refractivity (Wildman–Crippen MR) is 51.7 cm³/mol. The Morgan fingerprint density at radius 1 is 1.71 bits per heavy atom. The highest BCUT2D eigenvalue weighted by Gasteiger charge is 2.18. The summed E-state index contributed by atoms with van der Waals surface area (Å²) < 4.78 is 5.51. The number of H-pyrrole nitrogens is 1. The average Bonchev–Trinajstić information content (AvgIpc) is 2.75. The SMILES string of the molecule is CC(N)c1n[nH]c(CC2CCCO2)n1. The normalized spacial score (nSPS) is 24.0. The van der Waals surface area contributed by atoms with Crippen LogP contribution >= 0.6 is 0 Å². The molecule has 1 aromatic heterocycles. The molecule has 0 aliphatic carbocycles. The number of hydrogen-bond donors (Lipinski definition) is 2. The van der Waals surface area contributed by atoms with Crippen LogP contribution in [0.1, 0.15) is 37.5 Å². The van der Waals surface area contributed by atoms with Crippen LogP contribution in [0.3, 0.4) is 0 Å². The standard InChI is InChI=1S/C9H16N4O/c1-6(10)9-11-8(12-13-9)5-7-3-2-4-14-7/h6-7H,2-5,10H2,1H3,(H,11,12,13). The summed E-state index contributed by atoms with van der Waals surface area (Å²) in [6, 6.07) is -0.107. The van der Waals surface area contributed by atoms with Crippen LogP contribution in [0.2, 0.25) is 0 Å². The molecule has 1 saturated heterocycles. The number of aromatic nitrogens is 3. The van der Waals surface area contributed by atoms with Crippen molar-refractivity contribution in [2.24, 2.45) is 5.73 Å². The van der Waals surface area contributed by atoms with E-state index in [0.29, 0.717) is 11.9 Å². The fraction of sp³-hybridized carbons (Fsp3) is 0.778. The van der Waals surface area contributed by atoms with E-state index < -0.39 is 0 Å². The van der Waals surface area contributed by atoms with Crippen molar-refractivity contribution in [3.05, 3.63) is 11.6 Å². The topological polar surface area (TPSA) is 76.8 Å². The first-order valence-corrected chi connectivity index (χ1v) is 5.04. The van der Waals surface area contributed by atoms with Crippen LogP contribution in [-0.2, 0) is 11.2 Å². The van der Waals surface area contributed by atoms with Gasteiger partial charge in [0.05, 0.1) is 12.1 Å². The number of hydrogen-bond acceptors (Lipinski definition) is 4. The number of ether oxygens (including phenoxy) is 1. The average molecular weight is 196 g/mol. The van der Waals surface area contributed by atoms with Crippen molar-refractivity contribution < 1.29 is 4.74 Å². The van der Waals surface area contributed by atoms with Crippen LogP contribution in [0, 0.1) is 0 Å². The maximum Gasteiger partial charge on any atom is 0.167 e. The van der Waals surface area contributed by atoms with Gasteiger partial charge in [-0.05, 0) is 19.8 Å². The Hall–Kier alpha value is -0.940. The molecule has 2 atom stereocenters. The summed E-state index contributed by atoms with van der Waals surface area (Å²) in [6.45, 7) is 2.75. The minimum Gasteiger partial charge on any atom is -0.378 e. The van der Waals surface area contributed by atoms with Gasteiger partial charge in [0.25, 0.3) is 0 Å². The molecule has 78 valence electrons. The van der Waals surface area contributed by atoms with Gasteiger partial charge in [-0.2, -0.15) is 5.10 Å². The predicted octanol–water partition coefficient (Wildman–Crippen LogP) is 0.546. The van der Waals surface area contributed by atoms with Crippen LogP contribution in [0.15, 0.2) is 0 Å². The number of nitrogens with two attached hydrogens (primary N) is 1. The molecular formula is C9H16N4O. The smallest absolute Gasteiger partial charge is 0.167 e. The van der Waals surface area contributed by atoms with Crippen molar-refractivity contribution in [1.29, 1.82) is 0 Å². The van der Waals surface area contributed by atoms with Gasteiger partial charge >= 0.3 is 0 Å². The highest BCUT2D eigenvalue weighted by atomic mass is 16.5. The molecule has 5 nitrogen and oxygen atoms in total. The van der Waals surface area contributed by atoms with E-state index >= 15 is 0 Å². The van der Waals surface area contributed by atoms with Crippen LogP contribution in [0.4, 0.5) is 0 Å². The third kappa shape index (κ3) is 2.10. The summed E-state index contributed by atoms with van der Waals surface area (Å²) in [5, 5.41) is 6.93. The second-order valence-corrected chi connectivity index (χ2v) is 3.77. The number of aromatic amines is 1. The van der Waals surface area contributed by atoms with E-state index in [0.717, 1.165) is 31.7 Å². The zero-order valence-electron chi connectivity index (χ0n) is 8.36. The molecule has 1 aromatic rings. The lowest BCUT2D eigenvalue weighted by Gasteiger charge is -2.05. The van der Waals surface area contributed by atoms with E-state index in [4.69, 9.17) is 10.5 Å². The highest BCUT2D eigenvalue weighted by Crippen LogP contribution is 2.15. The molecule has 1 aliphatic heterocycles. The first-order valence-electron chi connectivity index (χ1n) is 5.04. The number of nitrogens with zero attached hydrogens (tertiary/aromatic N) is 2. The van der Waals surface area contributed by atoms with E-state index in [9.17, 15) is 0 Å². The molecule has 2 heterocycles. The zero-order chi connectivity index (χ0) is 9.97. The summed E-state index contributed by atoms with van der Waals surface area (Å²) in [6.07, 6.45) is 3.40. The summed E-state index contributed by atoms with van der Waals surface area (Å²) in [5.41, 5.74) is 5.66. The Morgan fingerprint density at radius 2 is 2.57 bits per heavy atom. The van der Waals surface area contributed by atoms with Gasteiger partial charge < -0.3 is 10.5 Å². The minimum absolute atomic E-state index is 0.107. The van der Waals surface area contributed by atoms with Gasteiger partial charge in [-0.15, -0.1) is 0 Å². The Labute approximate surface area is 83.1 Å². The molecule has 5 heteroatoms. The fourth-order valence-corrected chi connectivity index (χ4v) is 1.63. The van der Waals surface area contributed by atoms with Crippen molar-refractivity contribution >= 4 is 0 Å². The van der Waals surface area contributed by atoms with Gasteiger partial charge in [-0.1, -0.05) is 0 Å². The lowest BCUT2D eigenvalue weighted by Crippen LogP contribution is -2.10. The fourth-order valence-electron chi connectivity index (χ4n) is 1.63.